The fourth-order valence-corrected chi connectivity index (χ4v) is 8.90. The molecule has 5 aliphatic rings. The van der Waals surface area contributed by atoms with Crippen LogP contribution in [0.2, 0.25) is 0 Å². The lowest BCUT2D eigenvalue weighted by atomic mass is 9.43. The van der Waals surface area contributed by atoms with Crippen molar-refractivity contribution < 1.29 is 29.0 Å². The van der Waals surface area contributed by atoms with E-state index in [-0.39, 0.29) is 53.2 Å². The molecular formula is C27H39NO6. The second kappa shape index (κ2) is 8.35. The van der Waals surface area contributed by atoms with Crippen molar-refractivity contribution in [3.63, 3.8) is 0 Å². The number of carbonyl (C=O) groups is 3. The Balaban J connectivity index is 1.29. The molecule has 4 aliphatic carbocycles. The van der Waals surface area contributed by atoms with Gasteiger partial charge in [0.05, 0.1) is 5.60 Å². The van der Waals surface area contributed by atoms with Crippen LogP contribution in [0.3, 0.4) is 0 Å². The Kier molecular flexibility index (Phi) is 5.85. The first-order valence-corrected chi connectivity index (χ1v) is 13.1. The number of rotatable bonds is 4. The summed E-state index contributed by atoms with van der Waals surface area (Å²) in [5, 5.41) is 14.8. The lowest BCUT2D eigenvalue weighted by Crippen LogP contribution is -2.62. The Bertz CT molecular complexity index is 915. The zero-order valence-electron chi connectivity index (χ0n) is 20.7. The molecule has 0 saturated heterocycles. The van der Waals surface area contributed by atoms with E-state index in [1.165, 1.54) is 6.92 Å². The van der Waals surface area contributed by atoms with Gasteiger partial charge in [0, 0.05) is 18.4 Å². The van der Waals surface area contributed by atoms with Crippen molar-refractivity contribution in [2.75, 3.05) is 13.2 Å². The third-order valence-corrected chi connectivity index (χ3v) is 10.7. The fourth-order valence-electron chi connectivity index (χ4n) is 8.90. The zero-order valence-corrected chi connectivity index (χ0v) is 20.7. The van der Waals surface area contributed by atoms with Gasteiger partial charge in [0.1, 0.15) is 19.3 Å². The Morgan fingerprint density at radius 1 is 1.12 bits per heavy atom. The summed E-state index contributed by atoms with van der Waals surface area (Å²) in [6, 6.07) is 0. The minimum Gasteiger partial charge on any atom is -0.461 e. The average Bonchev–Trinajstić information content (AvgIpc) is 3.32. The molecule has 0 bridgehead atoms. The van der Waals surface area contributed by atoms with Gasteiger partial charge in [-0.1, -0.05) is 13.8 Å². The molecule has 5 rings (SSSR count). The minimum atomic E-state index is -0.706. The number of esters is 2. The van der Waals surface area contributed by atoms with Gasteiger partial charge in [-0.05, 0) is 92.4 Å². The van der Waals surface area contributed by atoms with Crippen LogP contribution in [0.1, 0.15) is 78.6 Å². The first-order valence-electron chi connectivity index (χ1n) is 13.1. The molecular weight excluding hydrogens is 434 g/mol. The van der Waals surface area contributed by atoms with Crippen molar-refractivity contribution in [1.82, 2.24) is 5.32 Å². The summed E-state index contributed by atoms with van der Waals surface area (Å²) in [5.74, 6) is 0.603. The second-order valence-corrected chi connectivity index (χ2v) is 12.1. The molecule has 7 nitrogen and oxygen atoms in total. The van der Waals surface area contributed by atoms with Gasteiger partial charge in [0.15, 0.2) is 0 Å². The first kappa shape index (κ1) is 23.8. The maximum Gasteiger partial charge on any atom is 0.331 e. The number of nitrogens with one attached hydrogen (secondary N) is 1. The van der Waals surface area contributed by atoms with E-state index in [1.54, 1.807) is 6.08 Å². The highest BCUT2D eigenvalue weighted by Crippen LogP contribution is 2.70. The highest BCUT2D eigenvalue weighted by molar-refractivity contribution is 5.85. The second-order valence-electron chi connectivity index (χ2n) is 12.1. The lowest BCUT2D eigenvalue weighted by molar-refractivity contribution is -0.210. The largest absolute Gasteiger partial charge is 0.461 e. The molecule has 7 heteroatoms. The average molecular weight is 474 g/mol. The number of fused-ring (bicyclic) bond motifs is 5. The lowest BCUT2D eigenvalue weighted by Gasteiger charge is -2.63. The molecule has 0 aromatic heterocycles. The molecule has 0 aromatic carbocycles. The topological polar surface area (TPSA) is 102 Å². The Morgan fingerprint density at radius 3 is 2.62 bits per heavy atom. The molecule has 0 aromatic rings. The molecule has 1 amide bonds. The molecule has 8 atom stereocenters. The molecule has 1 aliphatic heterocycles. The van der Waals surface area contributed by atoms with Gasteiger partial charge in [0.2, 0.25) is 5.91 Å². The number of aliphatic hydroxyl groups is 1. The van der Waals surface area contributed by atoms with Gasteiger partial charge < -0.3 is 19.9 Å². The quantitative estimate of drug-likeness (QED) is 0.608. The number of amides is 1. The van der Waals surface area contributed by atoms with Gasteiger partial charge in [0.25, 0.3) is 0 Å². The fraction of sp³-hybridized carbons (Fsp3) is 0.815. The van der Waals surface area contributed by atoms with E-state index in [9.17, 15) is 19.5 Å². The maximum absolute atomic E-state index is 12.3. The van der Waals surface area contributed by atoms with Gasteiger partial charge in [-0.25, -0.2) is 4.79 Å². The van der Waals surface area contributed by atoms with E-state index in [1.807, 2.05) is 0 Å². The summed E-state index contributed by atoms with van der Waals surface area (Å²) < 4.78 is 10.9. The maximum atomic E-state index is 12.3. The number of hydrogen-bond acceptors (Lipinski definition) is 6. The Hall–Kier alpha value is -1.89. The molecule has 4 fully saturated rings. The number of ether oxygens (including phenoxy) is 2. The van der Waals surface area contributed by atoms with Crippen LogP contribution in [0, 0.1) is 34.5 Å². The van der Waals surface area contributed by atoms with Crippen LogP contribution in [0.15, 0.2) is 11.6 Å². The summed E-state index contributed by atoms with van der Waals surface area (Å²) in [7, 11) is 0. The van der Waals surface area contributed by atoms with E-state index < -0.39 is 5.60 Å². The molecule has 2 N–H and O–H groups in total. The van der Waals surface area contributed by atoms with E-state index in [0.717, 1.165) is 63.4 Å². The van der Waals surface area contributed by atoms with Crippen molar-refractivity contribution in [2.45, 2.75) is 90.3 Å². The zero-order chi connectivity index (χ0) is 24.3. The Labute approximate surface area is 202 Å². The van der Waals surface area contributed by atoms with Gasteiger partial charge in [-0.3, -0.25) is 9.59 Å². The summed E-state index contributed by atoms with van der Waals surface area (Å²) in [6.45, 7) is 6.37. The molecule has 34 heavy (non-hydrogen) atoms. The normalized spacial score (nSPS) is 45.4. The standard InChI is InChI=1S/C27H39NO6/c1-16(29)28-14-24(31)34-19-6-9-25(2)18(13-19)4-5-22-21(25)7-10-26(3)20(8-11-27(22,26)32)17-12-23(30)33-15-17/h12,18-22,32H,4-11,13-15H2,1-3H3,(H,28,29)/t18-,19+,20-,21+,22-,25+,26-,27+/m1/s1. The monoisotopic (exact) mass is 473 g/mol. The van der Waals surface area contributed by atoms with Crippen molar-refractivity contribution in [1.29, 1.82) is 0 Å². The van der Waals surface area contributed by atoms with E-state index in [4.69, 9.17) is 9.47 Å². The van der Waals surface area contributed by atoms with Gasteiger partial charge in [-0.2, -0.15) is 0 Å². The van der Waals surface area contributed by atoms with Crippen LogP contribution in [-0.2, 0) is 23.9 Å². The number of carbonyl (C=O) groups excluding carboxylic acids is 3. The molecule has 1 heterocycles. The minimum absolute atomic E-state index is 0.0711. The van der Waals surface area contributed by atoms with Crippen LogP contribution in [0.5, 0.6) is 0 Å². The summed E-state index contributed by atoms with van der Waals surface area (Å²) >= 11 is 0. The molecule has 0 spiro atoms. The summed E-state index contributed by atoms with van der Waals surface area (Å²) in [5.41, 5.74) is 0.295. The summed E-state index contributed by atoms with van der Waals surface area (Å²) in [4.78, 5) is 35.0. The SMILES string of the molecule is CC(=O)NCC(=O)O[C@H]1CC[C@@]2(C)[C@H](CC[C@@H]3[C@@H]2CC[C@]2(C)[C@@H](C4=CC(=O)OC4)CC[C@]32O)C1. The van der Waals surface area contributed by atoms with Crippen LogP contribution in [-0.4, -0.2) is 47.8 Å². The van der Waals surface area contributed by atoms with Crippen LogP contribution >= 0.6 is 0 Å². The van der Waals surface area contributed by atoms with Crippen molar-refractivity contribution >= 4 is 17.8 Å². The highest BCUT2D eigenvalue weighted by atomic mass is 16.5. The van der Waals surface area contributed by atoms with E-state index >= 15 is 0 Å². The number of cyclic esters (lactones) is 1. The molecule has 188 valence electrons. The van der Waals surface area contributed by atoms with Crippen LogP contribution in [0.4, 0.5) is 0 Å². The molecule has 4 saturated carbocycles. The van der Waals surface area contributed by atoms with E-state index in [2.05, 4.69) is 19.2 Å². The van der Waals surface area contributed by atoms with Crippen molar-refractivity contribution in [3.8, 4) is 0 Å². The summed E-state index contributed by atoms with van der Waals surface area (Å²) in [6.07, 6.45) is 10.1. The first-order chi connectivity index (χ1) is 16.1. The third-order valence-electron chi connectivity index (χ3n) is 10.7. The van der Waals surface area contributed by atoms with Gasteiger partial charge >= 0.3 is 11.9 Å². The number of hydrogen-bond donors (Lipinski definition) is 2. The smallest absolute Gasteiger partial charge is 0.331 e. The molecule has 0 radical (unpaired) electrons. The van der Waals surface area contributed by atoms with Crippen molar-refractivity contribution in [2.24, 2.45) is 34.5 Å². The van der Waals surface area contributed by atoms with Crippen LogP contribution < -0.4 is 5.32 Å². The highest BCUT2D eigenvalue weighted by Gasteiger charge is 2.67. The van der Waals surface area contributed by atoms with Crippen LogP contribution in [0.25, 0.3) is 0 Å². The molecule has 0 unspecified atom stereocenters. The van der Waals surface area contributed by atoms with Crippen molar-refractivity contribution in [3.05, 3.63) is 11.6 Å². The Morgan fingerprint density at radius 2 is 1.91 bits per heavy atom. The van der Waals surface area contributed by atoms with Gasteiger partial charge in [-0.15, -0.1) is 0 Å². The predicted molar refractivity (Wildman–Crippen MR) is 124 cm³/mol. The predicted octanol–water partition coefficient (Wildman–Crippen LogP) is 3.29. The third kappa shape index (κ3) is 3.61. The van der Waals surface area contributed by atoms with E-state index in [0.29, 0.717) is 18.4 Å².